The Hall–Kier alpha value is -2.71. The highest BCUT2D eigenvalue weighted by atomic mass is 35.5. The summed E-state index contributed by atoms with van der Waals surface area (Å²) in [6.45, 7) is 4.86. The molecule has 35 heavy (non-hydrogen) atoms. The summed E-state index contributed by atoms with van der Waals surface area (Å²) in [5.74, 6) is 0.152. The van der Waals surface area contributed by atoms with E-state index >= 15 is 0 Å². The predicted octanol–water partition coefficient (Wildman–Crippen LogP) is 4.99. The zero-order chi connectivity index (χ0) is 25.4. The van der Waals surface area contributed by atoms with Gasteiger partial charge in [-0.15, -0.1) is 0 Å². The van der Waals surface area contributed by atoms with Crippen LogP contribution in [0.2, 0.25) is 5.02 Å². The van der Waals surface area contributed by atoms with Gasteiger partial charge in [0.1, 0.15) is 5.75 Å². The van der Waals surface area contributed by atoms with Gasteiger partial charge in [-0.25, -0.2) is 8.42 Å². The summed E-state index contributed by atoms with van der Waals surface area (Å²) in [7, 11) is -3.69. The van der Waals surface area contributed by atoms with Crippen LogP contribution in [0.1, 0.15) is 37.5 Å². The van der Waals surface area contributed by atoms with Crippen molar-refractivity contribution in [2.24, 2.45) is 5.92 Å². The minimum atomic E-state index is -3.69. The first-order valence-corrected chi connectivity index (χ1v) is 13.3. The lowest BCUT2D eigenvalue weighted by atomic mass is 10.1. The number of hydrogen-bond acceptors (Lipinski definition) is 6. The summed E-state index contributed by atoms with van der Waals surface area (Å²) in [6.07, 6.45) is 0.315. The molecule has 0 aliphatic carbocycles. The van der Waals surface area contributed by atoms with Gasteiger partial charge in [-0.1, -0.05) is 49.7 Å². The fourth-order valence-electron chi connectivity index (χ4n) is 3.47. The molecule has 0 spiro atoms. The first kappa shape index (κ1) is 26.9. The average molecular weight is 516 g/mol. The number of carbonyl (C=O) groups is 1. The summed E-state index contributed by atoms with van der Waals surface area (Å²) in [5, 5.41) is 14.0. The van der Waals surface area contributed by atoms with Crippen molar-refractivity contribution in [3.8, 4) is 5.75 Å². The molecular formula is C27H30ClNO5S. The van der Waals surface area contributed by atoms with Crippen LogP contribution in [-0.2, 0) is 21.1 Å². The molecule has 0 fully saturated rings. The number of aliphatic hydroxyl groups excluding tert-OH is 1. The molecular weight excluding hydrogens is 486 g/mol. The third-order valence-electron chi connectivity index (χ3n) is 5.34. The normalized spacial score (nSPS) is 12.5. The van der Waals surface area contributed by atoms with Gasteiger partial charge >= 0.3 is 5.97 Å². The second-order valence-corrected chi connectivity index (χ2v) is 11.1. The Bertz CT molecular complexity index is 1230. The molecule has 2 N–H and O–H groups in total. The molecule has 0 aliphatic rings. The van der Waals surface area contributed by atoms with E-state index in [-0.39, 0.29) is 21.7 Å². The zero-order valence-electron chi connectivity index (χ0n) is 19.8. The van der Waals surface area contributed by atoms with Crippen LogP contribution in [0.5, 0.6) is 5.75 Å². The van der Waals surface area contributed by atoms with E-state index in [1.165, 1.54) is 24.3 Å². The fraction of sp³-hybridized carbons (Fsp3) is 0.296. The van der Waals surface area contributed by atoms with E-state index < -0.39 is 15.9 Å². The van der Waals surface area contributed by atoms with Crippen LogP contribution >= 0.6 is 11.6 Å². The fourth-order valence-corrected chi connectivity index (χ4v) is 4.93. The smallest absolute Gasteiger partial charge is 0.311 e. The number of hydrogen-bond donors (Lipinski definition) is 2. The van der Waals surface area contributed by atoms with Crippen molar-refractivity contribution < 1.29 is 23.1 Å². The lowest BCUT2D eigenvalue weighted by Crippen LogP contribution is -2.23. The van der Waals surface area contributed by atoms with Crippen LogP contribution < -0.4 is 10.1 Å². The highest BCUT2D eigenvalue weighted by Gasteiger charge is 2.18. The van der Waals surface area contributed by atoms with E-state index in [0.29, 0.717) is 36.7 Å². The number of rotatable bonds is 11. The highest BCUT2D eigenvalue weighted by molar-refractivity contribution is 7.91. The molecule has 0 saturated heterocycles. The predicted molar refractivity (Wildman–Crippen MR) is 136 cm³/mol. The molecule has 8 heteroatoms. The van der Waals surface area contributed by atoms with Gasteiger partial charge in [0.2, 0.25) is 9.84 Å². The van der Waals surface area contributed by atoms with Gasteiger partial charge in [0.15, 0.2) is 0 Å². The Morgan fingerprint density at radius 3 is 2.23 bits per heavy atom. The molecule has 3 aromatic rings. The molecule has 0 aliphatic heterocycles. The summed E-state index contributed by atoms with van der Waals surface area (Å²) < 4.78 is 31.2. The van der Waals surface area contributed by atoms with Crippen LogP contribution in [-0.4, -0.2) is 32.6 Å². The van der Waals surface area contributed by atoms with Crippen LogP contribution in [0.4, 0.5) is 0 Å². The molecule has 6 nitrogen and oxygen atoms in total. The lowest BCUT2D eigenvalue weighted by Gasteiger charge is -2.13. The first-order chi connectivity index (χ1) is 16.6. The largest absolute Gasteiger partial charge is 0.427 e. The Balaban J connectivity index is 1.53. The molecule has 1 atom stereocenters. The van der Waals surface area contributed by atoms with Crippen LogP contribution in [0.25, 0.3) is 0 Å². The standard InChI is InChI=1S/C27H30ClNO5S/c1-19(2)16-27(31)34-23-8-12-25(13-9-23)35(32,33)24-10-6-20(7-11-24)14-15-29-18-26(30)21-4-3-5-22(28)17-21/h3-13,17,19,26,29-30H,14-16,18H2,1-2H3. The van der Waals surface area contributed by atoms with Gasteiger partial charge in [-0.05, 0) is 78.5 Å². The van der Waals surface area contributed by atoms with Gasteiger partial charge in [-0.3, -0.25) is 4.79 Å². The number of halogens is 1. The van der Waals surface area contributed by atoms with E-state index in [9.17, 15) is 18.3 Å². The van der Waals surface area contributed by atoms with Crippen LogP contribution in [0.3, 0.4) is 0 Å². The van der Waals surface area contributed by atoms with Crippen molar-refractivity contribution in [2.45, 2.75) is 42.6 Å². The average Bonchev–Trinajstić information content (AvgIpc) is 2.82. The quantitative estimate of drug-likeness (QED) is 0.212. The molecule has 1 unspecified atom stereocenters. The van der Waals surface area contributed by atoms with Crippen molar-refractivity contribution >= 4 is 27.4 Å². The van der Waals surface area contributed by atoms with Crippen molar-refractivity contribution in [1.29, 1.82) is 0 Å². The number of benzene rings is 3. The maximum Gasteiger partial charge on any atom is 0.311 e. The molecule has 3 aromatic carbocycles. The molecule has 0 aromatic heterocycles. The topological polar surface area (TPSA) is 92.7 Å². The van der Waals surface area contributed by atoms with E-state index in [4.69, 9.17) is 16.3 Å². The summed E-state index contributed by atoms with van der Waals surface area (Å²) in [6, 6.07) is 19.7. The Labute approximate surface area is 211 Å². The van der Waals surface area contributed by atoms with E-state index in [0.717, 1.165) is 11.1 Å². The molecule has 0 radical (unpaired) electrons. The van der Waals surface area contributed by atoms with Gasteiger partial charge in [0, 0.05) is 18.0 Å². The lowest BCUT2D eigenvalue weighted by molar-refractivity contribution is -0.135. The third-order valence-corrected chi connectivity index (χ3v) is 7.36. The molecule has 0 amide bonds. The maximum absolute atomic E-state index is 13.0. The molecule has 0 bridgehead atoms. The number of ether oxygens (including phenoxy) is 1. The first-order valence-electron chi connectivity index (χ1n) is 11.4. The number of esters is 1. The highest BCUT2D eigenvalue weighted by Crippen LogP contribution is 2.24. The van der Waals surface area contributed by atoms with E-state index in [2.05, 4.69) is 5.32 Å². The van der Waals surface area contributed by atoms with Crippen molar-refractivity contribution in [1.82, 2.24) is 5.32 Å². The zero-order valence-corrected chi connectivity index (χ0v) is 21.4. The summed E-state index contributed by atoms with van der Waals surface area (Å²) >= 11 is 5.96. The number of sulfone groups is 1. The van der Waals surface area contributed by atoms with Crippen molar-refractivity contribution in [3.63, 3.8) is 0 Å². The second kappa shape index (κ2) is 12.3. The molecule has 0 heterocycles. The van der Waals surface area contributed by atoms with E-state index in [1.54, 1.807) is 42.5 Å². The molecule has 3 rings (SSSR count). The number of aliphatic hydroxyl groups is 1. The van der Waals surface area contributed by atoms with Gasteiger partial charge in [0.25, 0.3) is 0 Å². The minimum Gasteiger partial charge on any atom is -0.427 e. The van der Waals surface area contributed by atoms with Crippen molar-refractivity contribution in [2.75, 3.05) is 13.1 Å². The number of carbonyl (C=O) groups excluding carboxylic acids is 1. The van der Waals surface area contributed by atoms with Gasteiger partial charge < -0.3 is 15.2 Å². The summed E-state index contributed by atoms with van der Waals surface area (Å²) in [5.41, 5.74) is 1.72. The monoisotopic (exact) mass is 515 g/mol. The number of nitrogens with one attached hydrogen (secondary N) is 1. The Morgan fingerprint density at radius 1 is 1.00 bits per heavy atom. The molecule has 0 saturated carbocycles. The SMILES string of the molecule is CC(C)CC(=O)Oc1ccc(S(=O)(=O)c2ccc(CCNCC(O)c3cccc(Cl)c3)cc2)cc1. The Kier molecular flexibility index (Phi) is 9.46. The van der Waals surface area contributed by atoms with Gasteiger partial charge in [0.05, 0.1) is 15.9 Å². The molecule has 186 valence electrons. The van der Waals surface area contributed by atoms with E-state index in [1.807, 2.05) is 19.9 Å². The minimum absolute atomic E-state index is 0.130. The maximum atomic E-state index is 13.0. The Morgan fingerprint density at radius 2 is 1.63 bits per heavy atom. The van der Waals surface area contributed by atoms with Crippen LogP contribution in [0, 0.1) is 5.92 Å². The van der Waals surface area contributed by atoms with Crippen molar-refractivity contribution in [3.05, 3.63) is 88.9 Å². The van der Waals surface area contributed by atoms with Crippen LogP contribution in [0.15, 0.2) is 82.6 Å². The summed E-state index contributed by atoms with van der Waals surface area (Å²) in [4.78, 5) is 12.1. The second-order valence-electron chi connectivity index (χ2n) is 8.72. The third kappa shape index (κ3) is 7.90. The van der Waals surface area contributed by atoms with Gasteiger partial charge in [-0.2, -0.15) is 0 Å².